The van der Waals surface area contributed by atoms with Gasteiger partial charge >= 0.3 is 5.97 Å². The Labute approximate surface area is 109 Å². The Kier molecular flexibility index (Phi) is 4.16. The van der Waals surface area contributed by atoms with Crippen LogP contribution in [0.4, 0.5) is 4.39 Å². The molecule has 1 aliphatic rings. The van der Waals surface area contributed by atoms with E-state index in [1.165, 1.54) is 19.2 Å². The first-order valence-electron chi connectivity index (χ1n) is 5.24. The maximum absolute atomic E-state index is 13.6. The minimum Gasteiger partial charge on any atom is -0.453 e. The quantitative estimate of drug-likeness (QED) is 0.793. The molecule has 1 aromatic carbocycles. The molecule has 4 nitrogen and oxygen atoms in total. The van der Waals surface area contributed by atoms with Gasteiger partial charge in [0.15, 0.2) is 18.6 Å². The van der Waals surface area contributed by atoms with Gasteiger partial charge in [0.05, 0.1) is 5.56 Å². The third-order valence-electron chi connectivity index (χ3n) is 2.48. The molecule has 0 spiro atoms. The van der Waals surface area contributed by atoms with Crippen molar-refractivity contribution < 1.29 is 23.4 Å². The first-order chi connectivity index (χ1) is 8.61. The molecule has 1 aromatic rings. The number of hydrogen-bond donors (Lipinski definition) is 0. The molecular weight excluding hydrogens is 263 g/mol. The van der Waals surface area contributed by atoms with Crippen molar-refractivity contribution in [1.82, 2.24) is 0 Å². The molecule has 6 heteroatoms. The Bertz CT molecular complexity index is 423. The number of alkyl halides is 1. The molecule has 1 unspecified atom stereocenters. The topological polar surface area (TPSA) is 44.8 Å². The normalized spacial score (nSPS) is 27.2. The van der Waals surface area contributed by atoms with Crippen molar-refractivity contribution >= 4 is 17.6 Å². The summed E-state index contributed by atoms with van der Waals surface area (Å²) in [5.41, 5.74) is 0.292. The fraction of sp³-hybridized carbons (Fsp3) is 0.333. The van der Waals surface area contributed by atoms with E-state index in [-0.39, 0.29) is 0 Å². The predicted molar refractivity (Wildman–Crippen MR) is 61.7 cm³/mol. The molecule has 97 valence electrons. The number of carbonyl (C=O) groups is 1. The monoisotopic (exact) mass is 273 g/mol. The van der Waals surface area contributed by atoms with Crippen molar-refractivity contribution in [2.75, 3.05) is 7.11 Å². The van der Waals surface area contributed by atoms with Gasteiger partial charge in [-0.25, -0.2) is 9.18 Å². The zero-order valence-electron chi connectivity index (χ0n) is 9.51. The molecule has 2 rings (SSSR count). The van der Waals surface area contributed by atoms with Crippen molar-refractivity contribution in [1.29, 1.82) is 0 Å². The molecule has 0 amide bonds. The third kappa shape index (κ3) is 2.80. The van der Waals surface area contributed by atoms with E-state index in [1.807, 2.05) is 0 Å². The van der Waals surface area contributed by atoms with Gasteiger partial charge in [-0.2, -0.15) is 0 Å². The van der Waals surface area contributed by atoms with Crippen LogP contribution in [0.25, 0.3) is 0 Å². The summed E-state index contributed by atoms with van der Waals surface area (Å²) in [6.07, 6.45) is -3.64. The zero-order chi connectivity index (χ0) is 13.1. The van der Waals surface area contributed by atoms with Crippen LogP contribution in [-0.4, -0.2) is 31.6 Å². The van der Waals surface area contributed by atoms with Gasteiger partial charge in [-0.3, -0.25) is 0 Å². The highest BCUT2D eigenvalue weighted by Crippen LogP contribution is 2.25. The van der Waals surface area contributed by atoms with Crippen molar-refractivity contribution in [3.8, 4) is 0 Å². The number of benzene rings is 1. The van der Waals surface area contributed by atoms with Crippen LogP contribution in [0, 0.1) is 6.61 Å². The lowest BCUT2D eigenvalue weighted by Gasteiger charge is -2.14. The van der Waals surface area contributed by atoms with E-state index < -0.39 is 24.5 Å². The van der Waals surface area contributed by atoms with Crippen LogP contribution < -0.4 is 0 Å². The smallest absolute Gasteiger partial charge is 0.338 e. The highest BCUT2D eigenvalue weighted by atomic mass is 35.5. The molecule has 0 bridgehead atoms. The van der Waals surface area contributed by atoms with Gasteiger partial charge in [0.25, 0.3) is 0 Å². The second-order valence-corrected chi connectivity index (χ2v) is 4.13. The first-order valence-corrected chi connectivity index (χ1v) is 5.62. The van der Waals surface area contributed by atoms with E-state index in [9.17, 15) is 9.18 Å². The molecule has 1 heterocycles. The van der Waals surface area contributed by atoms with E-state index in [0.717, 1.165) is 6.61 Å². The van der Waals surface area contributed by atoms with Gasteiger partial charge in [-0.05, 0) is 24.3 Å². The molecule has 0 saturated carbocycles. The maximum atomic E-state index is 13.6. The van der Waals surface area contributed by atoms with Crippen molar-refractivity contribution in [2.24, 2.45) is 0 Å². The molecule has 18 heavy (non-hydrogen) atoms. The molecule has 3 atom stereocenters. The Hall–Kier alpha value is -1.17. The van der Waals surface area contributed by atoms with Gasteiger partial charge in [-0.15, -0.1) is 0 Å². The van der Waals surface area contributed by atoms with Gasteiger partial charge in [0.1, 0.15) is 6.61 Å². The summed E-state index contributed by atoms with van der Waals surface area (Å²) >= 11 is 5.69. The molecular formula is C12H11ClFO4. The second-order valence-electron chi connectivity index (χ2n) is 3.70. The molecule has 1 aliphatic heterocycles. The highest BCUT2D eigenvalue weighted by molar-refractivity contribution is 6.30. The fourth-order valence-electron chi connectivity index (χ4n) is 1.52. The van der Waals surface area contributed by atoms with Crippen LogP contribution >= 0.6 is 11.6 Å². The summed E-state index contributed by atoms with van der Waals surface area (Å²) in [5.74, 6) is -0.643. The van der Waals surface area contributed by atoms with Gasteiger partial charge in [0, 0.05) is 12.1 Å². The molecule has 0 N–H and O–H groups in total. The first kappa shape index (κ1) is 13.3. The molecule has 1 radical (unpaired) electrons. The van der Waals surface area contributed by atoms with E-state index in [2.05, 4.69) is 0 Å². The maximum Gasteiger partial charge on any atom is 0.338 e. The Balaban J connectivity index is 1.98. The van der Waals surface area contributed by atoms with Crippen LogP contribution in [0.5, 0.6) is 0 Å². The zero-order valence-corrected chi connectivity index (χ0v) is 10.3. The number of esters is 1. The standard InChI is InChI=1S/C12H11ClFO4/c1-16-12-10(14)9(6-17-12)18-11(15)7-2-4-8(13)5-3-7/h2-6,9-10,12H,1H3/t9-,10+,12?/m1/s1. The predicted octanol–water partition coefficient (Wildman–Crippen LogP) is 2.37. The van der Waals surface area contributed by atoms with Gasteiger partial charge in [-0.1, -0.05) is 11.6 Å². The Morgan fingerprint density at radius 1 is 1.39 bits per heavy atom. The largest absolute Gasteiger partial charge is 0.453 e. The Morgan fingerprint density at radius 3 is 2.61 bits per heavy atom. The lowest BCUT2D eigenvalue weighted by Crippen LogP contribution is -2.30. The molecule has 1 fully saturated rings. The SMILES string of the molecule is COC1O[CH][C@@H](OC(=O)c2ccc(Cl)cc2)[C@@H]1F. The number of methoxy groups -OCH3 is 1. The van der Waals surface area contributed by atoms with Crippen LogP contribution in [0.2, 0.25) is 5.02 Å². The number of hydrogen-bond acceptors (Lipinski definition) is 4. The van der Waals surface area contributed by atoms with Crippen LogP contribution in [0.1, 0.15) is 10.4 Å². The van der Waals surface area contributed by atoms with Gasteiger partial charge < -0.3 is 14.2 Å². The summed E-state index contributed by atoms with van der Waals surface area (Å²) in [7, 11) is 1.31. The lowest BCUT2D eigenvalue weighted by atomic mass is 10.2. The molecule has 0 aliphatic carbocycles. The number of halogens is 2. The van der Waals surface area contributed by atoms with E-state index in [4.69, 9.17) is 25.8 Å². The summed E-state index contributed by atoms with van der Waals surface area (Å²) in [6.45, 7) is 1.12. The van der Waals surface area contributed by atoms with Gasteiger partial charge in [0.2, 0.25) is 0 Å². The Morgan fingerprint density at radius 2 is 2.06 bits per heavy atom. The van der Waals surface area contributed by atoms with E-state index >= 15 is 0 Å². The van der Waals surface area contributed by atoms with Crippen LogP contribution in [0.3, 0.4) is 0 Å². The number of ether oxygens (including phenoxy) is 3. The average Bonchev–Trinajstić information content (AvgIpc) is 2.71. The summed E-state index contributed by atoms with van der Waals surface area (Å²) in [4.78, 5) is 11.7. The van der Waals surface area contributed by atoms with Crippen LogP contribution in [0.15, 0.2) is 24.3 Å². The summed E-state index contributed by atoms with van der Waals surface area (Å²) in [6, 6.07) is 6.11. The minimum atomic E-state index is -1.54. The highest BCUT2D eigenvalue weighted by Gasteiger charge is 2.41. The number of carbonyl (C=O) groups excluding carboxylic acids is 1. The fourth-order valence-corrected chi connectivity index (χ4v) is 1.64. The van der Waals surface area contributed by atoms with Crippen LogP contribution in [-0.2, 0) is 14.2 Å². The van der Waals surface area contributed by atoms with E-state index in [1.54, 1.807) is 12.1 Å². The number of rotatable bonds is 3. The van der Waals surface area contributed by atoms with Crippen molar-refractivity contribution in [2.45, 2.75) is 18.6 Å². The average molecular weight is 274 g/mol. The van der Waals surface area contributed by atoms with Crippen molar-refractivity contribution in [3.05, 3.63) is 41.5 Å². The summed E-state index contributed by atoms with van der Waals surface area (Å²) < 4.78 is 28.2. The van der Waals surface area contributed by atoms with Crippen molar-refractivity contribution in [3.63, 3.8) is 0 Å². The second kappa shape index (κ2) is 5.65. The lowest BCUT2D eigenvalue weighted by molar-refractivity contribution is -0.105. The minimum absolute atomic E-state index is 0.292. The molecule has 1 saturated heterocycles. The van der Waals surface area contributed by atoms with E-state index in [0.29, 0.717) is 10.6 Å². The molecule has 0 aromatic heterocycles. The summed E-state index contributed by atoms with van der Waals surface area (Å²) in [5, 5.41) is 0.505. The third-order valence-corrected chi connectivity index (χ3v) is 2.73.